The number of hydrogen-bond acceptors (Lipinski definition) is 4. The molecule has 1 aliphatic carbocycles. The SMILES string of the molecule is c1[nH]c2ncc3nc(OC4CCCC4)cn3c2c1C1CCOCC1. The highest BCUT2D eigenvalue weighted by Crippen LogP contribution is 2.33. The zero-order chi connectivity index (χ0) is 15.9. The van der Waals surface area contributed by atoms with Crippen LogP contribution in [-0.4, -0.2) is 38.7 Å². The topological polar surface area (TPSA) is 64.4 Å². The van der Waals surface area contributed by atoms with Gasteiger partial charge in [-0.15, -0.1) is 0 Å². The molecule has 6 nitrogen and oxygen atoms in total. The predicted molar refractivity (Wildman–Crippen MR) is 90.5 cm³/mol. The van der Waals surface area contributed by atoms with E-state index in [2.05, 4.69) is 25.5 Å². The minimum Gasteiger partial charge on any atom is -0.473 e. The summed E-state index contributed by atoms with van der Waals surface area (Å²) < 4.78 is 13.7. The first-order valence-corrected chi connectivity index (χ1v) is 8.98. The van der Waals surface area contributed by atoms with Crippen LogP contribution in [0, 0.1) is 0 Å². The third-order valence-electron chi connectivity index (χ3n) is 5.37. The quantitative estimate of drug-likeness (QED) is 0.801. The van der Waals surface area contributed by atoms with Gasteiger partial charge < -0.3 is 14.5 Å². The summed E-state index contributed by atoms with van der Waals surface area (Å²) in [5, 5.41) is 0. The molecular formula is C18H22N4O2. The number of fused-ring (bicyclic) bond motifs is 3. The molecule has 24 heavy (non-hydrogen) atoms. The second-order valence-electron chi connectivity index (χ2n) is 6.92. The van der Waals surface area contributed by atoms with E-state index in [1.807, 2.05) is 12.4 Å². The molecule has 0 spiro atoms. The Bertz CT molecular complexity index is 857. The summed E-state index contributed by atoms with van der Waals surface area (Å²) in [6.07, 6.45) is 13.2. The summed E-state index contributed by atoms with van der Waals surface area (Å²) in [6.45, 7) is 1.67. The Balaban J connectivity index is 1.57. The molecule has 2 fully saturated rings. The van der Waals surface area contributed by atoms with Crippen LogP contribution in [0.4, 0.5) is 0 Å². The first-order valence-electron chi connectivity index (χ1n) is 8.98. The maximum atomic E-state index is 6.08. The second-order valence-corrected chi connectivity index (χ2v) is 6.92. The first kappa shape index (κ1) is 14.3. The zero-order valence-corrected chi connectivity index (χ0v) is 13.7. The lowest BCUT2D eigenvalue weighted by molar-refractivity contribution is 0.0855. The Morgan fingerprint density at radius 2 is 2.00 bits per heavy atom. The van der Waals surface area contributed by atoms with Crippen LogP contribution in [-0.2, 0) is 4.74 Å². The number of aromatic nitrogens is 4. The van der Waals surface area contributed by atoms with E-state index in [1.165, 1.54) is 18.4 Å². The van der Waals surface area contributed by atoms with Crippen molar-refractivity contribution in [2.45, 2.75) is 50.5 Å². The van der Waals surface area contributed by atoms with Gasteiger partial charge in [0.1, 0.15) is 6.10 Å². The molecule has 4 heterocycles. The fourth-order valence-electron chi connectivity index (χ4n) is 4.09. The summed E-state index contributed by atoms with van der Waals surface area (Å²) in [6, 6.07) is 0. The van der Waals surface area contributed by atoms with Crippen molar-refractivity contribution in [2.75, 3.05) is 13.2 Å². The number of H-pyrrole nitrogens is 1. The highest BCUT2D eigenvalue weighted by Gasteiger charge is 2.23. The number of nitrogens with zero attached hydrogens (tertiary/aromatic N) is 3. The molecular weight excluding hydrogens is 304 g/mol. The highest BCUT2D eigenvalue weighted by atomic mass is 16.5. The van der Waals surface area contributed by atoms with Crippen molar-refractivity contribution in [1.29, 1.82) is 0 Å². The largest absolute Gasteiger partial charge is 0.473 e. The minimum absolute atomic E-state index is 0.319. The van der Waals surface area contributed by atoms with E-state index in [0.717, 1.165) is 61.6 Å². The summed E-state index contributed by atoms with van der Waals surface area (Å²) >= 11 is 0. The third kappa shape index (κ3) is 2.36. The Hall–Kier alpha value is -2.08. The van der Waals surface area contributed by atoms with Crippen LogP contribution >= 0.6 is 0 Å². The molecule has 1 saturated heterocycles. The Kier molecular flexibility index (Phi) is 3.43. The van der Waals surface area contributed by atoms with Crippen molar-refractivity contribution >= 4 is 16.8 Å². The van der Waals surface area contributed by atoms with Gasteiger partial charge in [-0.3, -0.25) is 4.40 Å². The van der Waals surface area contributed by atoms with E-state index >= 15 is 0 Å². The summed E-state index contributed by atoms with van der Waals surface area (Å²) in [5.41, 5.74) is 4.21. The lowest BCUT2D eigenvalue weighted by atomic mass is 9.93. The molecule has 0 unspecified atom stereocenters. The van der Waals surface area contributed by atoms with Crippen LogP contribution in [0.25, 0.3) is 16.8 Å². The van der Waals surface area contributed by atoms with Crippen LogP contribution in [0.1, 0.15) is 50.0 Å². The average molecular weight is 326 g/mol. The van der Waals surface area contributed by atoms with Gasteiger partial charge in [0.2, 0.25) is 5.88 Å². The molecule has 0 atom stereocenters. The lowest BCUT2D eigenvalue weighted by Crippen LogP contribution is -2.14. The van der Waals surface area contributed by atoms with Gasteiger partial charge in [0, 0.05) is 19.4 Å². The highest BCUT2D eigenvalue weighted by molar-refractivity contribution is 5.79. The molecule has 6 heteroatoms. The number of imidazole rings is 1. The maximum Gasteiger partial charge on any atom is 0.232 e. The van der Waals surface area contributed by atoms with Crippen molar-refractivity contribution in [3.63, 3.8) is 0 Å². The van der Waals surface area contributed by atoms with E-state index in [-0.39, 0.29) is 0 Å². The van der Waals surface area contributed by atoms with E-state index < -0.39 is 0 Å². The van der Waals surface area contributed by atoms with Crippen LogP contribution in [0.2, 0.25) is 0 Å². The van der Waals surface area contributed by atoms with Gasteiger partial charge in [0.25, 0.3) is 0 Å². The van der Waals surface area contributed by atoms with Gasteiger partial charge in [-0.25, -0.2) is 4.98 Å². The standard InChI is InChI=1S/C18H22N4O2/c1-2-4-13(3-1)24-16-11-22-15(21-16)10-20-18-17(22)14(9-19-18)12-5-7-23-8-6-12/h9-13,19H,1-8H2. The van der Waals surface area contributed by atoms with Crippen molar-refractivity contribution in [2.24, 2.45) is 0 Å². The number of rotatable bonds is 3. The van der Waals surface area contributed by atoms with E-state index in [9.17, 15) is 0 Å². The van der Waals surface area contributed by atoms with Crippen molar-refractivity contribution in [3.05, 3.63) is 24.2 Å². The van der Waals surface area contributed by atoms with Crippen LogP contribution in [0.3, 0.4) is 0 Å². The Morgan fingerprint density at radius 1 is 1.17 bits per heavy atom. The molecule has 0 amide bonds. The van der Waals surface area contributed by atoms with E-state index in [1.54, 1.807) is 0 Å². The third-order valence-corrected chi connectivity index (χ3v) is 5.37. The molecule has 0 bridgehead atoms. The van der Waals surface area contributed by atoms with Gasteiger partial charge in [-0.2, -0.15) is 4.98 Å². The summed E-state index contributed by atoms with van der Waals surface area (Å²) in [4.78, 5) is 12.5. The molecule has 0 radical (unpaired) electrons. The molecule has 1 aliphatic heterocycles. The maximum absolute atomic E-state index is 6.08. The van der Waals surface area contributed by atoms with Crippen molar-refractivity contribution < 1.29 is 9.47 Å². The van der Waals surface area contributed by atoms with Crippen molar-refractivity contribution in [3.8, 4) is 5.88 Å². The first-order chi connectivity index (χ1) is 11.9. The summed E-state index contributed by atoms with van der Waals surface area (Å²) in [7, 11) is 0. The minimum atomic E-state index is 0.319. The molecule has 1 N–H and O–H groups in total. The zero-order valence-electron chi connectivity index (χ0n) is 13.7. The number of aromatic amines is 1. The fourth-order valence-corrected chi connectivity index (χ4v) is 4.09. The monoisotopic (exact) mass is 326 g/mol. The normalized spacial score (nSPS) is 20.3. The second kappa shape index (κ2) is 5.77. The lowest BCUT2D eigenvalue weighted by Gasteiger charge is -2.21. The summed E-state index contributed by atoms with van der Waals surface area (Å²) in [5.74, 6) is 1.23. The number of ether oxygens (including phenoxy) is 2. The van der Waals surface area contributed by atoms with Crippen LogP contribution in [0.15, 0.2) is 18.6 Å². The van der Waals surface area contributed by atoms with Crippen molar-refractivity contribution in [1.82, 2.24) is 19.4 Å². The van der Waals surface area contributed by atoms with Gasteiger partial charge in [0.15, 0.2) is 11.3 Å². The number of nitrogens with one attached hydrogen (secondary N) is 1. The van der Waals surface area contributed by atoms with Gasteiger partial charge in [-0.1, -0.05) is 0 Å². The van der Waals surface area contributed by atoms with Gasteiger partial charge >= 0.3 is 0 Å². The average Bonchev–Trinajstić information content (AvgIpc) is 3.34. The molecule has 1 saturated carbocycles. The molecule has 0 aromatic carbocycles. The van der Waals surface area contributed by atoms with Crippen LogP contribution < -0.4 is 4.74 Å². The Labute approximate surface area is 140 Å². The fraction of sp³-hybridized carbons (Fsp3) is 0.556. The predicted octanol–water partition coefficient (Wildman–Crippen LogP) is 3.43. The molecule has 3 aromatic heterocycles. The smallest absolute Gasteiger partial charge is 0.232 e. The van der Waals surface area contributed by atoms with E-state index in [4.69, 9.17) is 9.47 Å². The van der Waals surface area contributed by atoms with E-state index in [0.29, 0.717) is 12.0 Å². The molecule has 2 aliphatic rings. The Morgan fingerprint density at radius 3 is 2.83 bits per heavy atom. The van der Waals surface area contributed by atoms with Gasteiger partial charge in [-0.05, 0) is 50.0 Å². The molecule has 5 rings (SSSR count). The van der Waals surface area contributed by atoms with Crippen LogP contribution in [0.5, 0.6) is 5.88 Å². The molecule has 3 aromatic rings. The number of hydrogen-bond donors (Lipinski definition) is 1. The molecule has 126 valence electrons. The van der Waals surface area contributed by atoms with Gasteiger partial charge in [0.05, 0.1) is 17.9 Å².